The number of rotatable bonds is 4. The normalized spacial score (nSPS) is 14.9. The summed E-state index contributed by atoms with van der Waals surface area (Å²) in [6, 6.07) is 0. The first-order chi connectivity index (χ1) is 6.52. The Morgan fingerprint density at radius 2 is 0.929 bits per heavy atom. The maximum Gasteiger partial charge on any atom is 0.146 e. The minimum Gasteiger partial charge on any atom is -0.298 e. The van der Waals surface area contributed by atoms with Crippen molar-refractivity contribution in [1.29, 1.82) is 0 Å². The highest BCUT2D eigenvalue weighted by Gasteiger charge is 1.92. The SMILES string of the molecule is CC(C=O)=C(C)C=C/C(C)=C(\C)C=O. The van der Waals surface area contributed by atoms with E-state index in [1.165, 1.54) is 0 Å². The molecule has 14 heavy (non-hydrogen) atoms. The Morgan fingerprint density at radius 3 is 1.14 bits per heavy atom. The zero-order chi connectivity index (χ0) is 11.1. The van der Waals surface area contributed by atoms with Crippen molar-refractivity contribution in [2.75, 3.05) is 0 Å². The van der Waals surface area contributed by atoms with Crippen LogP contribution in [0.3, 0.4) is 0 Å². The van der Waals surface area contributed by atoms with Gasteiger partial charge in [-0.15, -0.1) is 0 Å². The lowest BCUT2D eigenvalue weighted by Gasteiger charge is -1.96. The molecule has 0 saturated carbocycles. The van der Waals surface area contributed by atoms with Crippen LogP contribution in [0, 0.1) is 0 Å². The molecule has 0 aromatic heterocycles. The lowest BCUT2D eigenvalue weighted by atomic mass is 10.1. The number of carbonyl (C=O) groups is 2. The third-order valence-corrected chi connectivity index (χ3v) is 2.18. The molecule has 0 aliphatic heterocycles. The van der Waals surface area contributed by atoms with Gasteiger partial charge in [0.05, 0.1) is 0 Å². The molecule has 0 N–H and O–H groups in total. The zero-order valence-corrected chi connectivity index (χ0v) is 9.13. The summed E-state index contributed by atoms with van der Waals surface area (Å²) in [5.41, 5.74) is 3.24. The van der Waals surface area contributed by atoms with Crippen LogP contribution in [0.25, 0.3) is 0 Å². The van der Waals surface area contributed by atoms with Gasteiger partial charge in [-0.25, -0.2) is 0 Å². The van der Waals surface area contributed by atoms with E-state index in [0.29, 0.717) is 11.1 Å². The minimum absolute atomic E-state index is 0.706. The smallest absolute Gasteiger partial charge is 0.146 e. The molecule has 0 bridgehead atoms. The summed E-state index contributed by atoms with van der Waals surface area (Å²) in [6.45, 7) is 7.25. The highest BCUT2D eigenvalue weighted by Crippen LogP contribution is 2.07. The quantitative estimate of drug-likeness (QED) is 0.390. The van der Waals surface area contributed by atoms with Crippen LogP contribution < -0.4 is 0 Å². The van der Waals surface area contributed by atoms with Crippen LogP contribution in [0.15, 0.2) is 34.4 Å². The third-order valence-electron chi connectivity index (χ3n) is 2.18. The van der Waals surface area contributed by atoms with Gasteiger partial charge in [-0.05, 0) is 50.0 Å². The van der Waals surface area contributed by atoms with E-state index < -0.39 is 0 Å². The van der Waals surface area contributed by atoms with E-state index in [2.05, 4.69) is 0 Å². The van der Waals surface area contributed by atoms with Gasteiger partial charge in [0.2, 0.25) is 0 Å². The Labute approximate surface area is 85.0 Å². The Kier molecular flexibility index (Phi) is 5.46. The van der Waals surface area contributed by atoms with E-state index in [-0.39, 0.29) is 0 Å². The largest absolute Gasteiger partial charge is 0.298 e. The van der Waals surface area contributed by atoms with Crippen LogP contribution in [0.1, 0.15) is 27.7 Å². The maximum absolute atomic E-state index is 10.4. The fourth-order valence-corrected chi connectivity index (χ4v) is 0.699. The molecule has 2 heteroatoms. The summed E-state index contributed by atoms with van der Waals surface area (Å²) in [7, 11) is 0. The summed E-state index contributed by atoms with van der Waals surface area (Å²) >= 11 is 0. The Morgan fingerprint density at radius 1 is 0.643 bits per heavy atom. The molecule has 0 aromatic rings. The second-order valence-corrected chi connectivity index (χ2v) is 3.30. The summed E-state index contributed by atoms with van der Waals surface area (Å²) < 4.78 is 0. The molecular weight excluding hydrogens is 176 g/mol. The highest BCUT2D eigenvalue weighted by molar-refractivity contribution is 5.75. The highest BCUT2D eigenvalue weighted by atomic mass is 16.1. The van der Waals surface area contributed by atoms with Crippen LogP contribution >= 0.6 is 0 Å². The summed E-state index contributed by atoms with van der Waals surface area (Å²) in [6.07, 6.45) is 5.33. The minimum atomic E-state index is 0.706. The van der Waals surface area contributed by atoms with Crippen molar-refractivity contribution in [3.8, 4) is 0 Å². The topological polar surface area (TPSA) is 34.1 Å². The molecule has 2 nitrogen and oxygen atoms in total. The zero-order valence-electron chi connectivity index (χ0n) is 9.13. The molecule has 0 radical (unpaired) electrons. The van der Waals surface area contributed by atoms with Gasteiger partial charge in [-0.1, -0.05) is 12.2 Å². The maximum atomic E-state index is 10.4. The first-order valence-corrected chi connectivity index (χ1v) is 4.46. The average Bonchev–Trinajstić information content (AvgIpc) is 2.22. The molecule has 0 aromatic carbocycles. The van der Waals surface area contributed by atoms with Crippen LogP contribution in [-0.2, 0) is 9.59 Å². The number of hydrogen-bond donors (Lipinski definition) is 0. The van der Waals surface area contributed by atoms with Crippen molar-refractivity contribution < 1.29 is 9.59 Å². The second kappa shape index (κ2) is 6.08. The fraction of sp³-hybridized carbons (Fsp3) is 0.333. The third kappa shape index (κ3) is 3.99. The molecule has 0 amide bonds. The molecule has 0 fully saturated rings. The van der Waals surface area contributed by atoms with Gasteiger partial charge in [0.25, 0.3) is 0 Å². The molecule has 0 saturated heterocycles. The van der Waals surface area contributed by atoms with Gasteiger partial charge >= 0.3 is 0 Å². The van der Waals surface area contributed by atoms with Crippen LogP contribution in [0.5, 0.6) is 0 Å². The summed E-state index contributed by atoms with van der Waals surface area (Å²) in [5, 5.41) is 0. The number of hydrogen-bond acceptors (Lipinski definition) is 2. The van der Waals surface area contributed by atoms with Gasteiger partial charge in [0, 0.05) is 0 Å². The van der Waals surface area contributed by atoms with Gasteiger partial charge in [-0.3, -0.25) is 9.59 Å². The molecule has 0 rings (SSSR count). The van der Waals surface area contributed by atoms with Gasteiger partial charge < -0.3 is 0 Å². The summed E-state index contributed by atoms with van der Waals surface area (Å²) in [5.74, 6) is 0. The van der Waals surface area contributed by atoms with E-state index in [0.717, 1.165) is 23.7 Å². The van der Waals surface area contributed by atoms with E-state index in [1.54, 1.807) is 13.8 Å². The standard InChI is InChI=1S/C12H16O2/c1-9(11(3)7-13)5-6-10(2)12(4)8-14/h5-8H,1-4H3/b6-5?,11-9+,12-10?. The number of carbonyl (C=O) groups excluding carboxylic acids is 2. The monoisotopic (exact) mass is 192 g/mol. The lowest BCUT2D eigenvalue weighted by molar-refractivity contribution is -0.105. The van der Waals surface area contributed by atoms with E-state index >= 15 is 0 Å². The van der Waals surface area contributed by atoms with Crippen molar-refractivity contribution >= 4 is 12.6 Å². The number of allylic oxidation sites excluding steroid dienone is 6. The molecule has 0 aliphatic rings. The van der Waals surface area contributed by atoms with Crippen molar-refractivity contribution in [3.05, 3.63) is 34.4 Å². The van der Waals surface area contributed by atoms with Crippen molar-refractivity contribution in [2.45, 2.75) is 27.7 Å². The van der Waals surface area contributed by atoms with E-state index in [9.17, 15) is 9.59 Å². The molecule has 0 unspecified atom stereocenters. The Bertz CT molecular complexity index is 285. The molecule has 0 spiro atoms. The molecule has 0 atom stereocenters. The van der Waals surface area contributed by atoms with Gasteiger partial charge in [0.15, 0.2) is 0 Å². The Balaban J connectivity index is 4.78. The predicted octanol–water partition coefficient (Wildman–Crippen LogP) is 2.61. The van der Waals surface area contributed by atoms with Crippen LogP contribution in [0.2, 0.25) is 0 Å². The molecular formula is C12H16O2. The molecule has 0 aliphatic carbocycles. The predicted molar refractivity (Wildman–Crippen MR) is 58.0 cm³/mol. The first-order valence-electron chi connectivity index (χ1n) is 4.46. The summed E-state index contributed by atoms with van der Waals surface area (Å²) in [4.78, 5) is 20.8. The average molecular weight is 192 g/mol. The fourth-order valence-electron chi connectivity index (χ4n) is 0.699. The molecule has 76 valence electrons. The molecule has 0 heterocycles. The second-order valence-electron chi connectivity index (χ2n) is 3.30. The Hall–Kier alpha value is -1.44. The number of aldehydes is 2. The van der Waals surface area contributed by atoms with Crippen molar-refractivity contribution in [2.24, 2.45) is 0 Å². The van der Waals surface area contributed by atoms with Crippen LogP contribution in [-0.4, -0.2) is 12.6 Å². The van der Waals surface area contributed by atoms with E-state index in [4.69, 9.17) is 0 Å². The van der Waals surface area contributed by atoms with Crippen LogP contribution in [0.4, 0.5) is 0 Å². The van der Waals surface area contributed by atoms with Gasteiger partial charge in [-0.2, -0.15) is 0 Å². The van der Waals surface area contributed by atoms with Crippen molar-refractivity contribution in [3.63, 3.8) is 0 Å². The lowest BCUT2D eigenvalue weighted by Crippen LogP contribution is -1.84. The van der Waals surface area contributed by atoms with Gasteiger partial charge in [0.1, 0.15) is 12.6 Å². The van der Waals surface area contributed by atoms with E-state index in [1.807, 2.05) is 26.0 Å². The van der Waals surface area contributed by atoms with Crippen molar-refractivity contribution in [1.82, 2.24) is 0 Å². The first kappa shape index (κ1) is 12.6.